The quantitative estimate of drug-likeness (QED) is 0.744. The van der Waals surface area contributed by atoms with Crippen LogP contribution in [0.2, 0.25) is 0 Å². The standard InChI is InChI=1S/C13H18N2/c1-4-13(2,3)15-8-7-10-5-6-11(14)9-12(10)15/h5-9H,4,14H2,1-3H3. The van der Waals surface area contributed by atoms with Crippen molar-refractivity contribution in [3.8, 4) is 0 Å². The maximum Gasteiger partial charge on any atom is 0.0505 e. The first-order valence-corrected chi connectivity index (χ1v) is 5.41. The molecule has 15 heavy (non-hydrogen) atoms. The van der Waals surface area contributed by atoms with E-state index in [9.17, 15) is 0 Å². The van der Waals surface area contributed by atoms with E-state index in [-0.39, 0.29) is 5.54 Å². The van der Waals surface area contributed by atoms with Crippen LogP contribution < -0.4 is 5.73 Å². The van der Waals surface area contributed by atoms with Crippen molar-refractivity contribution in [1.29, 1.82) is 0 Å². The predicted octanol–water partition coefficient (Wildman–Crippen LogP) is 3.37. The summed E-state index contributed by atoms with van der Waals surface area (Å²) in [6.45, 7) is 6.70. The molecule has 0 aliphatic heterocycles. The van der Waals surface area contributed by atoms with Crippen LogP contribution in [0.1, 0.15) is 27.2 Å². The molecule has 0 radical (unpaired) electrons. The van der Waals surface area contributed by atoms with Crippen molar-refractivity contribution in [3.63, 3.8) is 0 Å². The van der Waals surface area contributed by atoms with Gasteiger partial charge in [-0.2, -0.15) is 0 Å². The van der Waals surface area contributed by atoms with Gasteiger partial charge in [0.25, 0.3) is 0 Å². The van der Waals surface area contributed by atoms with Crippen LogP contribution in [0, 0.1) is 0 Å². The largest absolute Gasteiger partial charge is 0.399 e. The van der Waals surface area contributed by atoms with Crippen molar-refractivity contribution in [2.45, 2.75) is 32.7 Å². The minimum Gasteiger partial charge on any atom is -0.399 e. The molecule has 0 unspecified atom stereocenters. The minimum absolute atomic E-state index is 0.148. The molecule has 80 valence electrons. The average Bonchev–Trinajstić information content (AvgIpc) is 2.61. The van der Waals surface area contributed by atoms with Crippen LogP contribution in [-0.2, 0) is 5.54 Å². The van der Waals surface area contributed by atoms with Gasteiger partial charge in [-0.25, -0.2) is 0 Å². The van der Waals surface area contributed by atoms with Crippen molar-refractivity contribution in [2.75, 3.05) is 5.73 Å². The number of rotatable bonds is 2. The lowest BCUT2D eigenvalue weighted by atomic mass is 10.0. The van der Waals surface area contributed by atoms with Crippen molar-refractivity contribution in [3.05, 3.63) is 30.5 Å². The number of anilines is 1. The number of hydrogen-bond donors (Lipinski definition) is 1. The van der Waals surface area contributed by atoms with Crippen LogP contribution in [0.25, 0.3) is 10.9 Å². The lowest BCUT2D eigenvalue weighted by Gasteiger charge is -2.26. The molecular weight excluding hydrogens is 184 g/mol. The predicted molar refractivity (Wildman–Crippen MR) is 66.0 cm³/mol. The third-order valence-electron chi connectivity index (χ3n) is 3.23. The van der Waals surface area contributed by atoms with Crippen molar-refractivity contribution in [1.82, 2.24) is 4.57 Å². The highest BCUT2D eigenvalue weighted by atomic mass is 15.0. The SMILES string of the molecule is CCC(C)(C)n1ccc2ccc(N)cc21. The second-order valence-corrected chi connectivity index (χ2v) is 4.67. The van der Waals surface area contributed by atoms with E-state index in [1.165, 1.54) is 10.9 Å². The highest BCUT2D eigenvalue weighted by molar-refractivity contribution is 5.83. The van der Waals surface area contributed by atoms with Crippen LogP contribution in [0.15, 0.2) is 30.5 Å². The Hall–Kier alpha value is -1.44. The van der Waals surface area contributed by atoms with E-state index in [0.29, 0.717) is 0 Å². The molecule has 2 aromatic rings. The Labute approximate surface area is 90.7 Å². The molecule has 1 aromatic heterocycles. The molecule has 0 amide bonds. The highest BCUT2D eigenvalue weighted by Gasteiger charge is 2.18. The van der Waals surface area contributed by atoms with Crippen LogP contribution in [0.5, 0.6) is 0 Å². The number of nitrogens with zero attached hydrogens (tertiary/aromatic N) is 1. The van der Waals surface area contributed by atoms with E-state index in [4.69, 9.17) is 5.73 Å². The number of benzene rings is 1. The molecule has 0 aliphatic carbocycles. The van der Waals surface area contributed by atoms with Gasteiger partial charge in [0, 0.05) is 17.4 Å². The lowest BCUT2D eigenvalue weighted by Crippen LogP contribution is -2.24. The third-order valence-corrected chi connectivity index (χ3v) is 3.23. The van der Waals surface area contributed by atoms with Crippen LogP contribution in [0.4, 0.5) is 5.69 Å². The van der Waals surface area contributed by atoms with Gasteiger partial charge in [-0.05, 0) is 43.9 Å². The summed E-state index contributed by atoms with van der Waals surface area (Å²) in [6, 6.07) is 8.22. The number of fused-ring (bicyclic) bond motifs is 1. The monoisotopic (exact) mass is 202 g/mol. The number of aromatic nitrogens is 1. The van der Waals surface area contributed by atoms with Gasteiger partial charge in [0.2, 0.25) is 0 Å². The van der Waals surface area contributed by atoms with Gasteiger partial charge in [-0.3, -0.25) is 0 Å². The average molecular weight is 202 g/mol. The second-order valence-electron chi connectivity index (χ2n) is 4.67. The molecule has 1 aromatic carbocycles. The van der Waals surface area contributed by atoms with E-state index < -0.39 is 0 Å². The summed E-state index contributed by atoms with van der Waals surface area (Å²) in [6.07, 6.45) is 3.25. The first-order valence-electron chi connectivity index (χ1n) is 5.41. The first kappa shape index (κ1) is 10.1. The summed E-state index contributed by atoms with van der Waals surface area (Å²) in [7, 11) is 0. The van der Waals surface area contributed by atoms with E-state index in [1.54, 1.807) is 0 Å². The molecule has 0 atom stereocenters. The van der Waals surface area contributed by atoms with E-state index in [0.717, 1.165) is 12.1 Å². The van der Waals surface area contributed by atoms with Crippen LogP contribution >= 0.6 is 0 Å². The Balaban J connectivity index is 2.67. The molecule has 2 nitrogen and oxygen atoms in total. The lowest BCUT2D eigenvalue weighted by molar-refractivity contribution is 0.354. The summed E-state index contributed by atoms with van der Waals surface area (Å²) in [4.78, 5) is 0. The summed E-state index contributed by atoms with van der Waals surface area (Å²) in [5, 5.41) is 1.26. The third kappa shape index (κ3) is 1.60. The topological polar surface area (TPSA) is 30.9 Å². The molecule has 0 bridgehead atoms. The maximum atomic E-state index is 5.82. The number of nitrogen functional groups attached to an aromatic ring is 1. The molecule has 0 spiro atoms. The van der Waals surface area contributed by atoms with Gasteiger partial charge >= 0.3 is 0 Å². The molecule has 0 fully saturated rings. The van der Waals surface area contributed by atoms with Gasteiger partial charge in [0.1, 0.15) is 0 Å². The first-order chi connectivity index (χ1) is 7.04. The molecule has 1 heterocycles. The molecular formula is C13H18N2. The molecule has 0 saturated carbocycles. The van der Waals surface area contributed by atoms with E-state index in [2.05, 4.69) is 43.7 Å². The zero-order valence-electron chi connectivity index (χ0n) is 9.62. The van der Waals surface area contributed by atoms with E-state index in [1.807, 2.05) is 12.1 Å². The van der Waals surface area contributed by atoms with Crippen LogP contribution in [-0.4, -0.2) is 4.57 Å². The van der Waals surface area contributed by atoms with Gasteiger partial charge < -0.3 is 10.3 Å². The van der Waals surface area contributed by atoms with E-state index >= 15 is 0 Å². The fourth-order valence-electron chi connectivity index (χ4n) is 1.84. The maximum absolute atomic E-state index is 5.82. The van der Waals surface area contributed by atoms with Gasteiger partial charge in [-0.1, -0.05) is 13.0 Å². The normalized spacial score (nSPS) is 12.2. The molecule has 0 saturated heterocycles. The fraction of sp³-hybridized carbons (Fsp3) is 0.385. The Morgan fingerprint density at radius 1 is 1.27 bits per heavy atom. The molecule has 2 heteroatoms. The Bertz CT molecular complexity index is 480. The Morgan fingerprint density at radius 3 is 2.67 bits per heavy atom. The number of nitrogens with two attached hydrogens (primary N) is 1. The fourth-order valence-corrected chi connectivity index (χ4v) is 1.84. The number of hydrogen-bond acceptors (Lipinski definition) is 1. The molecule has 2 N–H and O–H groups in total. The Kier molecular flexibility index (Phi) is 2.22. The second kappa shape index (κ2) is 3.30. The van der Waals surface area contributed by atoms with Crippen molar-refractivity contribution >= 4 is 16.6 Å². The zero-order chi connectivity index (χ0) is 11.1. The minimum atomic E-state index is 0.148. The molecule has 0 aliphatic rings. The molecule has 2 rings (SSSR count). The zero-order valence-corrected chi connectivity index (χ0v) is 9.62. The smallest absolute Gasteiger partial charge is 0.0505 e. The summed E-state index contributed by atoms with van der Waals surface area (Å²) >= 11 is 0. The summed E-state index contributed by atoms with van der Waals surface area (Å²) < 4.78 is 2.30. The summed E-state index contributed by atoms with van der Waals surface area (Å²) in [5.41, 5.74) is 8.02. The van der Waals surface area contributed by atoms with Crippen LogP contribution in [0.3, 0.4) is 0 Å². The van der Waals surface area contributed by atoms with Crippen molar-refractivity contribution in [2.24, 2.45) is 0 Å². The van der Waals surface area contributed by atoms with Gasteiger partial charge in [0.15, 0.2) is 0 Å². The Morgan fingerprint density at radius 2 is 2.00 bits per heavy atom. The van der Waals surface area contributed by atoms with Gasteiger partial charge in [0.05, 0.1) is 5.52 Å². The van der Waals surface area contributed by atoms with Gasteiger partial charge in [-0.15, -0.1) is 0 Å². The van der Waals surface area contributed by atoms with Crippen molar-refractivity contribution < 1.29 is 0 Å². The summed E-state index contributed by atoms with van der Waals surface area (Å²) in [5.74, 6) is 0. The highest BCUT2D eigenvalue weighted by Crippen LogP contribution is 2.27.